The molecule has 1 aromatic rings. The third kappa shape index (κ3) is 4.20. The van der Waals surface area contributed by atoms with Crippen molar-refractivity contribution in [1.29, 1.82) is 0 Å². The average Bonchev–Trinajstić information content (AvgIpc) is 2.30. The van der Waals surface area contributed by atoms with Crippen LogP contribution in [0.3, 0.4) is 0 Å². The van der Waals surface area contributed by atoms with Crippen LogP contribution in [0, 0.1) is 0 Å². The minimum absolute atomic E-state index is 0.141. The van der Waals surface area contributed by atoms with Crippen LogP contribution in [0.1, 0.15) is 6.42 Å². The van der Waals surface area contributed by atoms with Gasteiger partial charge in [-0.3, -0.25) is 0 Å². The highest BCUT2D eigenvalue weighted by Crippen LogP contribution is 2.12. The molecule has 0 radical (unpaired) electrons. The number of nitrogens with zero attached hydrogens (tertiary/aromatic N) is 2. The van der Waals surface area contributed by atoms with E-state index in [1.807, 2.05) is 0 Å². The highest BCUT2D eigenvalue weighted by Gasteiger charge is 2.08. The Hall–Kier alpha value is -1.07. The van der Waals surface area contributed by atoms with E-state index in [1.54, 1.807) is 20.3 Å². The number of hydrogen-bond acceptors (Lipinski definition) is 5. The maximum absolute atomic E-state index is 5.70. The van der Waals surface area contributed by atoms with Gasteiger partial charge < -0.3 is 14.8 Å². The van der Waals surface area contributed by atoms with E-state index in [4.69, 9.17) is 21.1 Å². The van der Waals surface area contributed by atoms with Crippen LogP contribution < -0.4 is 10.1 Å². The highest BCUT2D eigenvalue weighted by molar-refractivity contribution is 6.17. The molecule has 0 aliphatic rings. The first-order chi connectivity index (χ1) is 7.80. The highest BCUT2D eigenvalue weighted by atomic mass is 35.5. The van der Waals surface area contributed by atoms with Crippen molar-refractivity contribution in [1.82, 2.24) is 9.97 Å². The number of anilines is 1. The number of nitrogens with one attached hydrogen (secondary N) is 1. The SMILES string of the molecule is COCC(CCCl)Nc1cc(OC)ncn1. The summed E-state index contributed by atoms with van der Waals surface area (Å²) in [6, 6.07) is 1.87. The fraction of sp³-hybridized carbons (Fsp3) is 0.600. The van der Waals surface area contributed by atoms with Crippen LogP contribution in [-0.4, -0.2) is 42.7 Å². The van der Waals surface area contributed by atoms with Crippen molar-refractivity contribution in [2.75, 3.05) is 32.0 Å². The summed E-state index contributed by atoms with van der Waals surface area (Å²) in [5, 5.41) is 3.22. The molecule has 0 fully saturated rings. The summed E-state index contributed by atoms with van der Waals surface area (Å²) in [5.41, 5.74) is 0. The van der Waals surface area contributed by atoms with Crippen LogP contribution in [0.15, 0.2) is 12.4 Å². The summed E-state index contributed by atoms with van der Waals surface area (Å²) in [7, 11) is 3.22. The average molecular weight is 246 g/mol. The molecule has 0 aliphatic heterocycles. The topological polar surface area (TPSA) is 56.3 Å². The molecule has 1 heterocycles. The van der Waals surface area contributed by atoms with Crippen molar-refractivity contribution in [3.05, 3.63) is 12.4 Å². The zero-order valence-corrected chi connectivity index (χ0v) is 10.2. The summed E-state index contributed by atoms with van der Waals surface area (Å²) in [6.45, 7) is 0.582. The van der Waals surface area contributed by atoms with Gasteiger partial charge in [0.15, 0.2) is 0 Å². The Bertz CT molecular complexity index is 306. The van der Waals surface area contributed by atoms with Gasteiger partial charge in [-0.2, -0.15) is 0 Å². The molecule has 1 unspecified atom stereocenters. The Labute approximate surface area is 100 Å². The lowest BCUT2D eigenvalue weighted by Crippen LogP contribution is -2.26. The minimum atomic E-state index is 0.141. The quantitative estimate of drug-likeness (QED) is 0.739. The van der Waals surface area contributed by atoms with Crippen molar-refractivity contribution < 1.29 is 9.47 Å². The molecule has 1 rings (SSSR count). The third-order valence-electron chi connectivity index (χ3n) is 2.03. The van der Waals surface area contributed by atoms with Gasteiger partial charge in [-0.25, -0.2) is 9.97 Å². The molecule has 1 aromatic heterocycles. The fourth-order valence-electron chi connectivity index (χ4n) is 1.27. The van der Waals surface area contributed by atoms with Crippen LogP contribution in [0.4, 0.5) is 5.82 Å². The van der Waals surface area contributed by atoms with Crippen molar-refractivity contribution >= 4 is 17.4 Å². The minimum Gasteiger partial charge on any atom is -0.481 e. The van der Waals surface area contributed by atoms with Gasteiger partial charge in [-0.15, -0.1) is 11.6 Å². The van der Waals surface area contributed by atoms with Crippen LogP contribution in [-0.2, 0) is 4.74 Å². The molecule has 90 valence electrons. The van der Waals surface area contributed by atoms with E-state index in [0.717, 1.165) is 6.42 Å². The van der Waals surface area contributed by atoms with Gasteiger partial charge in [0.05, 0.1) is 19.8 Å². The van der Waals surface area contributed by atoms with Crippen molar-refractivity contribution in [2.24, 2.45) is 0 Å². The normalized spacial score (nSPS) is 12.2. The molecule has 1 atom stereocenters. The Balaban J connectivity index is 2.60. The number of rotatable bonds is 7. The molecule has 16 heavy (non-hydrogen) atoms. The molecular weight excluding hydrogens is 230 g/mol. The van der Waals surface area contributed by atoms with Gasteiger partial charge in [0, 0.05) is 19.1 Å². The number of alkyl halides is 1. The van der Waals surface area contributed by atoms with Crippen LogP contribution in [0.25, 0.3) is 0 Å². The van der Waals surface area contributed by atoms with Crippen LogP contribution >= 0.6 is 11.6 Å². The first kappa shape index (κ1) is 13.0. The third-order valence-corrected chi connectivity index (χ3v) is 2.25. The summed E-state index contributed by atoms with van der Waals surface area (Å²) in [5.74, 6) is 1.81. The molecule has 0 amide bonds. The number of halogens is 1. The van der Waals surface area contributed by atoms with E-state index < -0.39 is 0 Å². The summed E-state index contributed by atoms with van der Waals surface area (Å²) >= 11 is 5.70. The lowest BCUT2D eigenvalue weighted by molar-refractivity contribution is 0.184. The predicted molar refractivity (Wildman–Crippen MR) is 63.2 cm³/mol. The number of aromatic nitrogens is 2. The number of methoxy groups -OCH3 is 2. The van der Waals surface area contributed by atoms with Crippen molar-refractivity contribution in [3.63, 3.8) is 0 Å². The lowest BCUT2D eigenvalue weighted by atomic mass is 10.2. The largest absolute Gasteiger partial charge is 0.481 e. The van der Waals surface area contributed by atoms with Gasteiger partial charge in [0.2, 0.25) is 5.88 Å². The van der Waals surface area contributed by atoms with E-state index in [9.17, 15) is 0 Å². The zero-order valence-electron chi connectivity index (χ0n) is 9.44. The molecule has 0 saturated heterocycles. The molecule has 0 aliphatic carbocycles. The smallest absolute Gasteiger partial charge is 0.218 e. The van der Waals surface area contributed by atoms with E-state index in [2.05, 4.69) is 15.3 Å². The van der Waals surface area contributed by atoms with Gasteiger partial charge in [0.1, 0.15) is 12.1 Å². The molecule has 0 saturated carbocycles. The molecule has 1 N–H and O–H groups in total. The maximum atomic E-state index is 5.70. The summed E-state index contributed by atoms with van der Waals surface area (Å²) in [4.78, 5) is 8.02. The Morgan fingerprint density at radius 1 is 1.44 bits per heavy atom. The molecular formula is C10H16ClN3O2. The summed E-state index contributed by atoms with van der Waals surface area (Å²) < 4.78 is 10.1. The van der Waals surface area contributed by atoms with Gasteiger partial charge in [0.25, 0.3) is 0 Å². The molecule has 0 spiro atoms. The van der Waals surface area contributed by atoms with Crippen LogP contribution in [0.2, 0.25) is 0 Å². The van der Waals surface area contributed by atoms with Gasteiger partial charge in [-0.05, 0) is 6.42 Å². The Morgan fingerprint density at radius 2 is 2.25 bits per heavy atom. The maximum Gasteiger partial charge on any atom is 0.218 e. The second-order valence-corrected chi connectivity index (χ2v) is 3.60. The first-order valence-corrected chi connectivity index (χ1v) is 5.51. The molecule has 0 bridgehead atoms. The standard InChI is InChI=1S/C10H16ClN3O2/c1-15-6-8(3-4-11)14-9-5-10(16-2)13-7-12-9/h5,7-8H,3-4,6H2,1-2H3,(H,12,13,14). The molecule has 5 nitrogen and oxygen atoms in total. The monoisotopic (exact) mass is 245 g/mol. The second-order valence-electron chi connectivity index (χ2n) is 3.22. The van der Waals surface area contributed by atoms with Crippen molar-refractivity contribution in [3.8, 4) is 5.88 Å². The van der Waals surface area contributed by atoms with Gasteiger partial charge in [-0.1, -0.05) is 0 Å². The first-order valence-electron chi connectivity index (χ1n) is 4.97. The molecule has 0 aromatic carbocycles. The van der Waals surface area contributed by atoms with Crippen LogP contribution in [0.5, 0.6) is 5.88 Å². The van der Waals surface area contributed by atoms with E-state index in [0.29, 0.717) is 24.2 Å². The van der Waals surface area contributed by atoms with Crippen molar-refractivity contribution in [2.45, 2.75) is 12.5 Å². The molecule has 6 heteroatoms. The van der Waals surface area contributed by atoms with E-state index in [1.165, 1.54) is 6.33 Å². The predicted octanol–water partition coefficient (Wildman–Crippen LogP) is 1.54. The Morgan fingerprint density at radius 3 is 2.88 bits per heavy atom. The zero-order chi connectivity index (χ0) is 11.8. The van der Waals surface area contributed by atoms with Gasteiger partial charge >= 0.3 is 0 Å². The Kier molecular flexibility index (Phi) is 5.88. The fourth-order valence-corrected chi connectivity index (χ4v) is 1.53. The van der Waals surface area contributed by atoms with E-state index >= 15 is 0 Å². The number of ether oxygens (including phenoxy) is 2. The lowest BCUT2D eigenvalue weighted by Gasteiger charge is -2.17. The number of hydrogen-bond donors (Lipinski definition) is 1. The summed E-state index contributed by atoms with van der Waals surface area (Å²) in [6.07, 6.45) is 2.26. The second kappa shape index (κ2) is 7.24. The van der Waals surface area contributed by atoms with E-state index in [-0.39, 0.29) is 6.04 Å².